The van der Waals surface area contributed by atoms with E-state index in [-0.39, 0.29) is 0 Å². The average Bonchev–Trinajstić information content (AvgIpc) is 2.24. The molecule has 1 atom stereocenters. The molecule has 0 fully saturated rings. The highest BCUT2D eigenvalue weighted by Crippen LogP contribution is 2.30. The van der Waals surface area contributed by atoms with Crippen LogP contribution in [0.2, 0.25) is 0 Å². The fourth-order valence-electron chi connectivity index (χ4n) is 1.26. The number of hydrogen-bond donors (Lipinski definition) is 0. The number of rotatable bonds is 2. The first-order valence-corrected chi connectivity index (χ1v) is 6.76. The molecule has 1 aromatic carbocycles. The molecular weight excluding hydrogens is 275 g/mol. The van der Waals surface area contributed by atoms with Crippen LogP contribution in [0.5, 0.6) is 0 Å². The van der Waals surface area contributed by atoms with Crippen molar-refractivity contribution in [3.63, 3.8) is 0 Å². The molecule has 0 aliphatic carbocycles. The van der Waals surface area contributed by atoms with E-state index in [1.807, 2.05) is 0 Å². The first kappa shape index (κ1) is 15.9. The highest BCUT2D eigenvalue weighted by molar-refractivity contribution is 7.85. The van der Waals surface area contributed by atoms with E-state index in [2.05, 4.69) is 4.40 Å². The number of benzene rings is 1. The maximum absolute atomic E-state index is 12.5. The Morgan fingerprint density at radius 2 is 1.79 bits per heavy atom. The summed E-state index contributed by atoms with van der Waals surface area (Å²) in [7, 11) is -1.42. The largest absolute Gasteiger partial charge is 0.416 e. The van der Waals surface area contributed by atoms with Gasteiger partial charge >= 0.3 is 6.18 Å². The molecule has 106 valence electrons. The highest BCUT2D eigenvalue weighted by Gasteiger charge is 2.30. The smallest absolute Gasteiger partial charge is 0.234 e. The van der Waals surface area contributed by atoms with Crippen molar-refractivity contribution in [2.24, 2.45) is 4.40 Å². The van der Waals surface area contributed by atoms with Crippen molar-refractivity contribution >= 4 is 17.2 Å². The van der Waals surface area contributed by atoms with E-state index in [9.17, 15) is 17.4 Å². The topological polar surface area (TPSA) is 29.4 Å². The van der Waals surface area contributed by atoms with Crippen LogP contribution in [0.25, 0.3) is 0 Å². The van der Waals surface area contributed by atoms with Crippen LogP contribution in [0, 0.1) is 6.92 Å². The second-order valence-electron chi connectivity index (χ2n) is 5.17. The lowest BCUT2D eigenvalue weighted by Crippen LogP contribution is -2.19. The van der Waals surface area contributed by atoms with E-state index >= 15 is 0 Å². The molecule has 0 aromatic heterocycles. The van der Waals surface area contributed by atoms with Crippen LogP contribution in [-0.2, 0) is 17.2 Å². The Morgan fingerprint density at radius 1 is 1.21 bits per heavy atom. The summed E-state index contributed by atoms with van der Waals surface area (Å²) < 4.78 is 52.6. The SMILES string of the molecule is Cc1cc(C(F)(F)F)ccc1/C=N/[S@@](=O)C(C)(C)C. The highest BCUT2D eigenvalue weighted by atomic mass is 32.2. The van der Waals surface area contributed by atoms with Gasteiger partial charge in [-0.15, -0.1) is 0 Å². The summed E-state index contributed by atoms with van der Waals surface area (Å²) in [4.78, 5) is 0. The summed E-state index contributed by atoms with van der Waals surface area (Å²) in [5, 5.41) is 0. The van der Waals surface area contributed by atoms with Gasteiger partial charge in [-0.25, -0.2) is 4.21 Å². The monoisotopic (exact) mass is 291 g/mol. The Bertz CT molecular complexity index is 516. The quantitative estimate of drug-likeness (QED) is 0.760. The predicted molar refractivity (Wildman–Crippen MR) is 71.7 cm³/mol. The molecule has 0 amide bonds. The van der Waals surface area contributed by atoms with E-state index in [0.717, 1.165) is 12.1 Å². The molecule has 0 heterocycles. The molecule has 0 unspecified atom stereocenters. The molecule has 6 heteroatoms. The van der Waals surface area contributed by atoms with Gasteiger partial charge in [0, 0.05) is 6.21 Å². The van der Waals surface area contributed by atoms with Gasteiger partial charge in [-0.2, -0.15) is 17.6 Å². The fourth-order valence-corrected chi connectivity index (χ4v) is 1.79. The van der Waals surface area contributed by atoms with Gasteiger partial charge < -0.3 is 0 Å². The van der Waals surface area contributed by atoms with E-state index in [0.29, 0.717) is 11.1 Å². The summed E-state index contributed by atoms with van der Waals surface area (Å²) in [5.41, 5.74) is 0.286. The molecule has 1 aromatic rings. The molecule has 0 aliphatic rings. The van der Waals surface area contributed by atoms with Crippen LogP contribution in [-0.4, -0.2) is 15.2 Å². The first-order chi connectivity index (χ1) is 8.51. The third-order valence-corrected chi connectivity index (χ3v) is 3.75. The molecular formula is C13H16F3NOS. The number of nitrogens with zero attached hydrogens (tertiary/aromatic N) is 1. The average molecular weight is 291 g/mol. The maximum Gasteiger partial charge on any atom is 0.416 e. The van der Waals surface area contributed by atoms with Crippen LogP contribution in [0.15, 0.2) is 22.6 Å². The van der Waals surface area contributed by atoms with E-state index < -0.39 is 27.5 Å². The van der Waals surface area contributed by atoms with Crippen molar-refractivity contribution in [2.75, 3.05) is 0 Å². The first-order valence-electron chi connectivity index (χ1n) is 5.66. The minimum absolute atomic E-state index is 0.449. The van der Waals surface area contributed by atoms with Gasteiger partial charge in [0.1, 0.15) is 11.0 Å². The lowest BCUT2D eigenvalue weighted by Gasteiger charge is -2.13. The minimum atomic E-state index is -4.35. The third kappa shape index (κ3) is 4.45. The Morgan fingerprint density at radius 3 is 2.21 bits per heavy atom. The third-order valence-electron chi connectivity index (χ3n) is 2.41. The minimum Gasteiger partial charge on any atom is -0.234 e. The predicted octanol–water partition coefficient (Wildman–Crippen LogP) is 3.89. The van der Waals surface area contributed by atoms with Crippen molar-refractivity contribution in [3.05, 3.63) is 34.9 Å². The summed E-state index contributed by atoms with van der Waals surface area (Å²) >= 11 is 0. The van der Waals surface area contributed by atoms with Gasteiger partial charge in [-0.05, 0) is 51.0 Å². The van der Waals surface area contributed by atoms with Crippen LogP contribution in [0.3, 0.4) is 0 Å². The second-order valence-corrected chi connectivity index (χ2v) is 7.10. The zero-order valence-corrected chi connectivity index (χ0v) is 12.0. The summed E-state index contributed by atoms with van der Waals surface area (Å²) in [5.74, 6) is 0. The summed E-state index contributed by atoms with van der Waals surface area (Å²) in [6, 6.07) is 3.39. The molecule has 0 saturated heterocycles. The zero-order chi connectivity index (χ0) is 14.8. The molecule has 0 aliphatic heterocycles. The lowest BCUT2D eigenvalue weighted by atomic mass is 10.1. The number of halogens is 3. The Labute approximate surface area is 113 Å². The summed E-state index contributed by atoms with van der Waals surface area (Å²) in [6.07, 6.45) is -2.99. The van der Waals surface area contributed by atoms with Crippen molar-refractivity contribution in [1.29, 1.82) is 0 Å². The maximum atomic E-state index is 12.5. The normalized spacial score (nSPS) is 14.9. The Balaban J connectivity index is 2.99. The van der Waals surface area contributed by atoms with Crippen molar-refractivity contribution in [2.45, 2.75) is 38.6 Å². The fraction of sp³-hybridized carbons (Fsp3) is 0.462. The molecule has 1 rings (SSSR count). The van der Waals surface area contributed by atoms with Gasteiger partial charge in [0.05, 0.1) is 10.3 Å². The van der Waals surface area contributed by atoms with Gasteiger partial charge in [-0.3, -0.25) is 0 Å². The Hall–Kier alpha value is -1.17. The van der Waals surface area contributed by atoms with E-state index in [1.54, 1.807) is 27.7 Å². The zero-order valence-electron chi connectivity index (χ0n) is 11.2. The van der Waals surface area contributed by atoms with Gasteiger partial charge in [0.25, 0.3) is 0 Å². The Kier molecular flexibility index (Phi) is 4.55. The standard InChI is InChI=1S/C13H16F3NOS/c1-9-7-11(13(14,15)16)6-5-10(9)8-17-19(18)12(2,3)4/h5-8H,1-4H3/b17-8+/t19-/m0/s1. The van der Waals surface area contributed by atoms with Crippen molar-refractivity contribution in [1.82, 2.24) is 0 Å². The van der Waals surface area contributed by atoms with Crippen LogP contribution >= 0.6 is 0 Å². The van der Waals surface area contributed by atoms with Crippen LogP contribution in [0.1, 0.15) is 37.5 Å². The number of alkyl halides is 3. The molecule has 0 saturated carbocycles. The van der Waals surface area contributed by atoms with Crippen molar-refractivity contribution < 1.29 is 17.4 Å². The van der Waals surface area contributed by atoms with E-state index in [4.69, 9.17) is 0 Å². The van der Waals surface area contributed by atoms with Crippen molar-refractivity contribution in [3.8, 4) is 0 Å². The molecule has 0 bridgehead atoms. The van der Waals surface area contributed by atoms with Gasteiger partial charge in [0.2, 0.25) is 0 Å². The molecule has 0 N–H and O–H groups in total. The van der Waals surface area contributed by atoms with Gasteiger partial charge in [-0.1, -0.05) is 6.07 Å². The van der Waals surface area contributed by atoms with Crippen LogP contribution in [0.4, 0.5) is 13.2 Å². The molecule has 0 radical (unpaired) electrons. The molecule has 2 nitrogen and oxygen atoms in total. The molecule has 0 spiro atoms. The number of aryl methyl sites for hydroxylation is 1. The molecule has 19 heavy (non-hydrogen) atoms. The summed E-state index contributed by atoms with van der Waals surface area (Å²) in [6.45, 7) is 6.90. The van der Waals surface area contributed by atoms with E-state index in [1.165, 1.54) is 12.3 Å². The lowest BCUT2D eigenvalue weighted by molar-refractivity contribution is -0.137. The second kappa shape index (κ2) is 5.45. The van der Waals surface area contributed by atoms with Gasteiger partial charge in [0.15, 0.2) is 0 Å². The number of hydrogen-bond acceptors (Lipinski definition) is 1. The van der Waals surface area contributed by atoms with Crippen LogP contribution < -0.4 is 0 Å².